The molecule has 2 aromatic rings. The molecule has 0 amide bonds. The van der Waals surface area contributed by atoms with Crippen LogP contribution in [0.5, 0.6) is 17.4 Å². The second-order valence-electron chi connectivity index (χ2n) is 6.52. The molecule has 0 unspecified atom stereocenters. The molecule has 8 nitrogen and oxygen atoms in total. The average molecular weight is 453 g/mol. The number of piperidine rings is 1. The molecule has 31 heavy (non-hydrogen) atoms. The van der Waals surface area contributed by atoms with Crippen LogP contribution in [0.3, 0.4) is 0 Å². The van der Waals surface area contributed by atoms with Crippen molar-refractivity contribution >= 4 is 23.5 Å². The highest BCUT2D eigenvalue weighted by Crippen LogP contribution is 2.31. The second-order valence-corrected chi connectivity index (χ2v) is 6.93. The number of nitrogens with zero attached hydrogens (tertiary/aromatic N) is 1. The summed E-state index contributed by atoms with van der Waals surface area (Å²) in [5.41, 5.74) is 0. The van der Waals surface area contributed by atoms with Crippen LogP contribution in [0.25, 0.3) is 0 Å². The van der Waals surface area contributed by atoms with Gasteiger partial charge in [-0.1, -0.05) is 11.6 Å². The van der Waals surface area contributed by atoms with Crippen LogP contribution in [0.15, 0.2) is 48.7 Å². The van der Waals surface area contributed by atoms with E-state index in [2.05, 4.69) is 10.3 Å². The number of nitrogens with one attached hydrogen (secondary N) is 1. The van der Waals surface area contributed by atoms with Crippen LogP contribution in [-0.2, 0) is 9.59 Å². The maximum Gasteiger partial charge on any atom is 0.328 e. The fourth-order valence-electron chi connectivity index (χ4n) is 2.63. The normalized spacial score (nSPS) is 15.6. The predicted octanol–water partition coefficient (Wildman–Crippen LogP) is 3.76. The first kappa shape index (κ1) is 24.1. The van der Waals surface area contributed by atoms with Crippen LogP contribution < -0.4 is 14.8 Å². The number of aromatic nitrogens is 1. The lowest BCUT2D eigenvalue weighted by Crippen LogP contribution is -2.33. The Morgan fingerprint density at radius 3 is 2.61 bits per heavy atom. The molecule has 3 rings (SSSR count). The Labute approximate surface area is 183 Å². The molecule has 1 aliphatic heterocycles. The number of carbonyl (C=O) groups is 2. The van der Waals surface area contributed by atoms with Crippen LogP contribution in [0.2, 0.25) is 5.02 Å². The number of rotatable bonds is 7. The van der Waals surface area contributed by atoms with Crippen LogP contribution in [0, 0.1) is 11.7 Å². The van der Waals surface area contributed by atoms with Crippen molar-refractivity contribution in [3.63, 3.8) is 0 Å². The van der Waals surface area contributed by atoms with E-state index in [0.29, 0.717) is 42.1 Å². The summed E-state index contributed by atoms with van der Waals surface area (Å²) >= 11 is 5.67. The molecule has 1 aliphatic rings. The van der Waals surface area contributed by atoms with E-state index < -0.39 is 17.8 Å². The lowest BCUT2D eigenvalue weighted by molar-refractivity contribution is -0.134. The Bertz CT molecular complexity index is 902. The third-order valence-corrected chi connectivity index (χ3v) is 4.39. The summed E-state index contributed by atoms with van der Waals surface area (Å²) in [7, 11) is 0. The number of ether oxygens (including phenoxy) is 2. The van der Waals surface area contributed by atoms with Crippen molar-refractivity contribution in [3.8, 4) is 17.4 Å². The van der Waals surface area contributed by atoms with Crippen molar-refractivity contribution in [2.24, 2.45) is 5.92 Å². The molecule has 166 valence electrons. The zero-order valence-corrected chi connectivity index (χ0v) is 17.2. The van der Waals surface area contributed by atoms with E-state index in [0.717, 1.165) is 25.9 Å². The van der Waals surface area contributed by atoms with Gasteiger partial charge in [0.05, 0.1) is 11.6 Å². The molecular weight excluding hydrogens is 431 g/mol. The molecule has 1 aromatic carbocycles. The third-order valence-electron chi connectivity index (χ3n) is 4.08. The zero-order chi connectivity index (χ0) is 22.6. The summed E-state index contributed by atoms with van der Waals surface area (Å²) in [4.78, 5) is 23.3. The Hall–Kier alpha value is -3.17. The zero-order valence-electron chi connectivity index (χ0n) is 16.5. The number of halogens is 2. The monoisotopic (exact) mass is 452 g/mol. The molecule has 0 radical (unpaired) electrons. The van der Waals surface area contributed by atoms with E-state index in [1.807, 2.05) is 0 Å². The number of pyridine rings is 1. The van der Waals surface area contributed by atoms with Crippen molar-refractivity contribution in [1.82, 2.24) is 10.3 Å². The smallest absolute Gasteiger partial charge is 0.328 e. The van der Waals surface area contributed by atoms with E-state index in [-0.39, 0.29) is 5.02 Å². The molecule has 1 atom stereocenters. The van der Waals surface area contributed by atoms with Crippen molar-refractivity contribution in [2.45, 2.75) is 12.8 Å². The Morgan fingerprint density at radius 2 is 2.00 bits per heavy atom. The minimum absolute atomic E-state index is 0.0552. The van der Waals surface area contributed by atoms with Crippen LogP contribution in [-0.4, -0.2) is 46.8 Å². The fraction of sp³-hybridized carbons (Fsp3) is 0.286. The first-order valence-corrected chi connectivity index (χ1v) is 9.78. The summed E-state index contributed by atoms with van der Waals surface area (Å²) in [6.07, 6.45) is 5.03. The maximum absolute atomic E-state index is 13.5. The molecule has 1 fully saturated rings. The van der Waals surface area contributed by atoms with Gasteiger partial charge in [-0.05, 0) is 43.7 Å². The Morgan fingerprint density at radius 1 is 1.26 bits per heavy atom. The number of carboxylic acids is 2. The summed E-state index contributed by atoms with van der Waals surface area (Å²) in [5.74, 6) is -1.37. The van der Waals surface area contributed by atoms with Gasteiger partial charge < -0.3 is 25.0 Å². The first-order valence-electron chi connectivity index (χ1n) is 9.40. The van der Waals surface area contributed by atoms with E-state index in [9.17, 15) is 14.0 Å². The van der Waals surface area contributed by atoms with Gasteiger partial charge in [0.25, 0.3) is 5.88 Å². The molecule has 3 N–H and O–H groups in total. The molecule has 1 saturated heterocycles. The number of hydrogen-bond donors (Lipinski definition) is 3. The van der Waals surface area contributed by atoms with Crippen molar-refractivity contribution < 1.29 is 33.7 Å². The van der Waals surface area contributed by atoms with Gasteiger partial charge in [-0.3, -0.25) is 0 Å². The minimum Gasteiger partial charge on any atom is -0.488 e. The molecule has 10 heteroatoms. The van der Waals surface area contributed by atoms with Gasteiger partial charge in [-0.15, -0.1) is 0 Å². The van der Waals surface area contributed by atoms with Gasteiger partial charge in [-0.2, -0.15) is 0 Å². The third kappa shape index (κ3) is 9.02. The molecule has 0 saturated carbocycles. The molecular formula is C21H22ClFN2O6. The molecule has 0 aliphatic carbocycles. The van der Waals surface area contributed by atoms with Crippen LogP contribution in [0.1, 0.15) is 12.8 Å². The largest absolute Gasteiger partial charge is 0.488 e. The standard InChI is InChI=1S/C17H18ClFN2O2.C4H4O4/c18-14-6-5-13(9-15(14)19)23-17-16(4-2-8-21-17)22-11-12-3-1-7-20-10-12;5-3(6)1-2-4(7)8/h2,4-6,8-9,12,20H,1,3,7,10-11H2;1-2H,(H,5,6)(H,7,8)/b;2-1+/t12-;/m0./s1. The van der Waals surface area contributed by atoms with Gasteiger partial charge in [0.2, 0.25) is 0 Å². The highest BCUT2D eigenvalue weighted by atomic mass is 35.5. The van der Waals surface area contributed by atoms with E-state index in [4.69, 9.17) is 31.3 Å². The summed E-state index contributed by atoms with van der Waals surface area (Å²) in [5, 5.41) is 19.0. The average Bonchev–Trinajstić information content (AvgIpc) is 2.75. The molecule has 0 bridgehead atoms. The van der Waals surface area contributed by atoms with Gasteiger partial charge >= 0.3 is 11.9 Å². The molecule has 0 spiro atoms. The van der Waals surface area contributed by atoms with E-state index >= 15 is 0 Å². The van der Waals surface area contributed by atoms with Crippen molar-refractivity contribution in [2.75, 3.05) is 19.7 Å². The Balaban J connectivity index is 0.000000366. The number of carboxylic acid groups (broad SMARTS) is 2. The summed E-state index contributed by atoms with van der Waals surface area (Å²) in [6.45, 7) is 2.63. The first-order chi connectivity index (χ1) is 14.8. The summed E-state index contributed by atoms with van der Waals surface area (Å²) < 4.78 is 25.0. The lowest BCUT2D eigenvalue weighted by Gasteiger charge is -2.23. The number of benzene rings is 1. The second kappa shape index (κ2) is 12.5. The number of aliphatic carboxylic acids is 2. The highest BCUT2D eigenvalue weighted by molar-refractivity contribution is 6.30. The highest BCUT2D eigenvalue weighted by Gasteiger charge is 2.15. The fourth-order valence-corrected chi connectivity index (χ4v) is 2.75. The van der Waals surface area contributed by atoms with Gasteiger partial charge in [0.15, 0.2) is 5.75 Å². The van der Waals surface area contributed by atoms with Gasteiger partial charge in [-0.25, -0.2) is 19.0 Å². The topological polar surface area (TPSA) is 118 Å². The number of hydrogen-bond acceptors (Lipinski definition) is 6. The van der Waals surface area contributed by atoms with E-state index in [1.54, 1.807) is 24.4 Å². The van der Waals surface area contributed by atoms with Crippen LogP contribution >= 0.6 is 11.6 Å². The van der Waals surface area contributed by atoms with Crippen LogP contribution in [0.4, 0.5) is 4.39 Å². The Kier molecular flexibility index (Phi) is 9.73. The van der Waals surface area contributed by atoms with E-state index in [1.165, 1.54) is 12.1 Å². The molecule has 2 heterocycles. The molecule has 1 aromatic heterocycles. The van der Waals surface area contributed by atoms with Gasteiger partial charge in [0, 0.05) is 36.9 Å². The van der Waals surface area contributed by atoms with Crippen molar-refractivity contribution in [3.05, 3.63) is 59.5 Å². The quantitative estimate of drug-likeness (QED) is 0.543. The minimum atomic E-state index is -1.26. The predicted molar refractivity (Wildman–Crippen MR) is 111 cm³/mol. The lowest BCUT2D eigenvalue weighted by atomic mass is 10.0. The van der Waals surface area contributed by atoms with Crippen molar-refractivity contribution in [1.29, 1.82) is 0 Å². The summed E-state index contributed by atoms with van der Waals surface area (Å²) in [6, 6.07) is 7.85. The maximum atomic E-state index is 13.5. The SMILES string of the molecule is Fc1cc(Oc2ncccc2OC[C@H]2CCCNC2)ccc1Cl.O=C(O)/C=C/C(=O)O. The van der Waals surface area contributed by atoms with Gasteiger partial charge in [0.1, 0.15) is 11.6 Å².